The van der Waals surface area contributed by atoms with E-state index in [1.807, 2.05) is 41.8 Å². The summed E-state index contributed by atoms with van der Waals surface area (Å²) in [6, 6.07) is 18.0. The normalized spacial score (nSPS) is 10.5. The summed E-state index contributed by atoms with van der Waals surface area (Å²) in [4.78, 5) is 15.0. The first-order chi connectivity index (χ1) is 12.2. The minimum Gasteiger partial charge on any atom is -0.489 e. The first kappa shape index (κ1) is 17.2. The maximum atomic E-state index is 13.5. The predicted octanol–water partition coefficient (Wildman–Crippen LogP) is 4.71. The minimum atomic E-state index is -0.402. The molecular weight excluding hydrogens is 337 g/mol. The Bertz CT molecular complexity index is 848. The SMILES string of the molecule is CN(CCOc1ccccc1F)C(=O)c1sccc1-c1ccccc1. The molecule has 2 aromatic carbocycles. The van der Waals surface area contributed by atoms with Crippen molar-refractivity contribution in [3.8, 4) is 16.9 Å². The number of carbonyl (C=O) groups is 1. The largest absolute Gasteiger partial charge is 0.489 e. The minimum absolute atomic E-state index is 0.0639. The first-order valence-electron chi connectivity index (χ1n) is 7.92. The summed E-state index contributed by atoms with van der Waals surface area (Å²) in [7, 11) is 1.72. The average molecular weight is 355 g/mol. The van der Waals surface area contributed by atoms with Crippen LogP contribution in [-0.4, -0.2) is 31.0 Å². The Labute approximate surface area is 150 Å². The molecule has 128 valence electrons. The van der Waals surface area contributed by atoms with E-state index in [9.17, 15) is 9.18 Å². The van der Waals surface area contributed by atoms with Gasteiger partial charge in [-0.1, -0.05) is 42.5 Å². The van der Waals surface area contributed by atoms with Gasteiger partial charge in [0.2, 0.25) is 0 Å². The van der Waals surface area contributed by atoms with Crippen molar-refractivity contribution in [3.05, 3.63) is 76.7 Å². The van der Waals surface area contributed by atoms with Crippen LogP contribution in [0.5, 0.6) is 5.75 Å². The Morgan fingerprint density at radius 1 is 1.08 bits per heavy atom. The summed E-state index contributed by atoms with van der Waals surface area (Å²) in [6.45, 7) is 0.606. The third-order valence-corrected chi connectivity index (χ3v) is 4.71. The van der Waals surface area contributed by atoms with E-state index in [-0.39, 0.29) is 18.3 Å². The number of likely N-dealkylation sites (N-methyl/N-ethyl adjacent to an activating group) is 1. The molecule has 0 aliphatic carbocycles. The Balaban J connectivity index is 1.64. The number of ether oxygens (including phenoxy) is 1. The van der Waals surface area contributed by atoms with Crippen LogP contribution in [0.25, 0.3) is 11.1 Å². The highest BCUT2D eigenvalue weighted by molar-refractivity contribution is 7.12. The molecule has 0 saturated carbocycles. The smallest absolute Gasteiger partial charge is 0.264 e. The summed E-state index contributed by atoms with van der Waals surface area (Å²) in [6.07, 6.45) is 0. The number of rotatable bonds is 6. The molecule has 0 aliphatic heterocycles. The second-order valence-electron chi connectivity index (χ2n) is 5.54. The number of amides is 1. The molecule has 5 heteroatoms. The lowest BCUT2D eigenvalue weighted by Gasteiger charge is -2.18. The fourth-order valence-electron chi connectivity index (χ4n) is 2.45. The Morgan fingerprint density at radius 2 is 1.80 bits per heavy atom. The molecule has 0 atom stereocenters. The maximum Gasteiger partial charge on any atom is 0.264 e. The van der Waals surface area contributed by atoms with E-state index in [1.54, 1.807) is 30.1 Å². The standard InChI is InChI=1S/C20H18FNO2S/c1-22(12-13-24-18-10-6-5-9-17(18)21)20(23)19-16(11-14-25-19)15-7-3-2-4-8-15/h2-11,14H,12-13H2,1H3. The van der Waals surface area contributed by atoms with E-state index in [1.165, 1.54) is 17.4 Å². The van der Waals surface area contributed by atoms with Gasteiger partial charge in [-0.05, 0) is 29.1 Å². The Morgan fingerprint density at radius 3 is 2.56 bits per heavy atom. The highest BCUT2D eigenvalue weighted by Gasteiger charge is 2.18. The maximum absolute atomic E-state index is 13.5. The highest BCUT2D eigenvalue weighted by atomic mass is 32.1. The van der Waals surface area contributed by atoms with Crippen molar-refractivity contribution in [2.24, 2.45) is 0 Å². The van der Waals surface area contributed by atoms with E-state index in [4.69, 9.17) is 4.74 Å². The highest BCUT2D eigenvalue weighted by Crippen LogP contribution is 2.29. The molecule has 0 spiro atoms. The molecular formula is C20H18FNO2S. The average Bonchev–Trinajstić information content (AvgIpc) is 3.13. The summed E-state index contributed by atoms with van der Waals surface area (Å²) in [5, 5.41) is 1.92. The van der Waals surface area contributed by atoms with Crippen LogP contribution < -0.4 is 4.74 Å². The van der Waals surface area contributed by atoms with Crippen LogP contribution in [0.1, 0.15) is 9.67 Å². The van der Waals surface area contributed by atoms with E-state index in [0.29, 0.717) is 11.4 Å². The fourth-order valence-corrected chi connectivity index (χ4v) is 3.36. The summed E-state index contributed by atoms with van der Waals surface area (Å²) in [5.41, 5.74) is 1.94. The number of hydrogen-bond donors (Lipinski definition) is 0. The van der Waals surface area contributed by atoms with Crippen molar-refractivity contribution < 1.29 is 13.9 Å². The fraction of sp³-hybridized carbons (Fsp3) is 0.150. The lowest BCUT2D eigenvalue weighted by molar-refractivity contribution is 0.0778. The third-order valence-electron chi connectivity index (χ3n) is 3.81. The third kappa shape index (κ3) is 4.06. The molecule has 0 radical (unpaired) electrons. The molecule has 1 amide bonds. The number of carbonyl (C=O) groups excluding carboxylic acids is 1. The van der Waals surface area contributed by atoms with Crippen LogP contribution in [0, 0.1) is 5.82 Å². The van der Waals surface area contributed by atoms with Crippen LogP contribution in [0.15, 0.2) is 66.0 Å². The topological polar surface area (TPSA) is 29.5 Å². The second-order valence-corrected chi connectivity index (χ2v) is 6.45. The van der Waals surface area contributed by atoms with Gasteiger partial charge < -0.3 is 9.64 Å². The van der Waals surface area contributed by atoms with Crippen LogP contribution in [0.3, 0.4) is 0 Å². The predicted molar refractivity (Wildman–Crippen MR) is 98.6 cm³/mol. The lowest BCUT2D eigenvalue weighted by Crippen LogP contribution is -2.30. The molecule has 0 aliphatic rings. The van der Waals surface area contributed by atoms with E-state index in [0.717, 1.165) is 11.1 Å². The molecule has 3 aromatic rings. The zero-order valence-electron chi connectivity index (χ0n) is 13.8. The number of nitrogens with zero attached hydrogens (tertiary/aromatic N) is 1. The number of hydrogen-bond acceptors (Lipinski definition) is 3. The monoisotopic (exact) mass is 355 g/mol. The Kier molecular flexibility index (Phi) is 5.46. The van der Waals surface area contributed by atoms with Crippen LogP contribution in [0.4, 0.5) is 4.39 Å². The van der Waals surface area contributed by atoms with Gasteiger partial charge in [0.15, 0.2) is 11.6 Å². The number of halogens is 1. The molecule has 0 N–H and O–H groups in total. The van der Waals surface area contributed by atoms with Crippen molar-refractivity contribution in [1.29, 1.82) is 0 Å². The molecule has 1 aromatic heterocycles. The second kappa shape index (κ2) is 7.94. The lowest BCUT2D eigenvalue weighted by atomic mass is 10.1. The van der Waals surface area contributed by atoms with Gasteiger partial charge in [0, 0.05) is 12.6 Å². The number of thiophene rings is 1. The first-order valence-corrected chi connectivity index (χ1v) is 8.80. The van der Waals surface area contributed by atoms with E-state index >= 15 is 0 Å². The molecule has 1 heterocycles. The van der Waals surface area contributed by atoms with Gasteiger partial charge in [-0.15, -0.1) is 11.3 Å². The summed E-state index contributed by atoms with van der Waals surface area (Å²) >= 11 is 1.42. The summed E-state index contributed by atoms with van der Waals surface area (Å²) < 4.78 is 19.0. The van der Waals surface area contributed by atoms with Crippen molar-refractivity contribution >= 4 is 17.2 Å². The number of benzene rings is 2. The van der Waals surface area contributed by atoms with Crippen LogP contribution in [-0.2, 0) is 0 Å². The van der Waals surface area contributed by atoms with Gasteiger partial charge in [-0.3, -0.25) is 4.79 Å². The van der Waals surface area contributed by atoms with E-state index < -0.39 is 5.82 Å². The molecule has 0 fully saturated rings. The van der Waals surface area contributed by atoms with Gasteiger partial charge in [0.25, 0.3) is 5.91 Å². The molecule has 25 heavy (non-hydrogen) atoms. The van der Waals surface area contributed by atoms with Crippen molar-refractivity contribution in [2.45, 2.75) is 0 Å². The van der Waals surface area contributed by atoms with Gasteiger partial charge in [-0.2, -0.15) is 0 Å². The quantitative estimate of drug-likeness (QED) is 0.641. The molecule has 0 unspecified atom stereocenters. The molecule has 0 saturated heterocycles. The number of para-hydroxylation sites is 1. The van der Waals surface area contributed by atoms with Crippen molar-refractivity contribution in [2.75, 3.05) is 20.2 Å². The molecule has 3 nitrogen and oxygen atoms in total. The van der Waals surface area contributed by atoms with Crippen LogP contribution >= 0.6 is 11.3 Å². The van der Waals surface area contributed by atoms with Crippen LogP contribution in [0.2, 0.25) is 0 Å². The van der Waals surface area contributed by atoms with Crippen molar-refractivity contribution in [1.82, 2.24) is 4.90 Å². The van der Waals surface area contributed by atoms with Crippen molar-refractivity contribution in [3.63, 3.8) is 0 Å². The molecule has 0 bridgehead atoms. The van der Waals surface area contributed by atoms with Gasteiger partial charge in [0.05, 0.1) is 11.4 Å². The Hall–Kier alpha value is -2.66. The van der Waals surface area contributed by atoms with Gasteiger partial charge >= 0.3 is 0 Å². The van der Waals surface area contributed by atoms with Gasteiger partial charge in [0.1, 0.15) is 6.61 Å². The zero-order valence-corrected chi connectivity index (χ0v) is 14.6. The molecule has 3 rings (SSSR count). The van der Waals surface area contributed by atoms with Gasteiger partial charge in [-0.25, -0.2) is 4.39 Å². The zero-order chi connectivity index (χ0) is 17.6. The van der Waals surface area contributed by atoms with E-state index in [2.05, 4.69) is 0 Å². The summed E-state index contributed by atoms with van der Waals surface area (Å²) in [5.74, 6) is -0.267.